The molecule has 26 heavy (non-hydrogen) atoms. The van der Waals surface area contributed by atoms with Crippen molar-refractivity contribution in [3.63, 3.8) is 0 Å². The van der Waals surface area contributed by atoms with Gasteiger partial charge in [-0.3, -0.25) is 9.59 Å². The highest BCUT2D eigenvalue weighted by atomic mass is 127. The number of ether oxygens (including phenoxy) is 1. The molecule has 0 spiro atoms. The lowest BCUT2D eigenvalue weighted by atomic mass is 10.1. The molecule has 1 atom stereocenters. The van der Waals surface area contributed by atoms with E-state index >= 15 is 0 Å². The third-order valence-electron chi connectivity index (χ3n) is 3.62. The van der Waals surface area contributed by atoms with Crippen LogP contribution in [0.5, 0.6) is 0 Å². The van der Waals surface area contributed by atoms with Crippen LogP contribution in [0.2, 0.25) is 0 Å². The predicted molar refractivity (Wildman–Crippen MR) is 107 cm³/mol. The van der Waals surface area contributed by atoms with E-state index in [1.54, 1.807) is 24.3 Å². The van der Waals surface area contributed by atoms with Crippen LogP contribution < -0.4 is 10.6 Å². The average Bonchev–Trinajstić information content (AvgIpc) is 2.61. The topological polar surface area (TPSA) is 84.5 Å². The molecule has 0 saturated carbocycles. The number of esters is 1. The van der Waals surface area contributed by atoms with Gasteiger partial charge in [-0.1, -0.05) is 24.3 Å². The summed E-state index contributed by atoms with van der Waals surface area (Å²) in [5, 5.41) is 5.33. The molecule has 6 nitrogen and oxygen atoms in total. The van der Waals surface area contributed by atoms with Gasteiger partial charge in [-0.25, -0.2) is 4.79 Å². The molecule has 0 unspecified atom stereocenters. The average molecular weight is 466 g/mol. The largest absolute Gasteiger partial charge is 0.467 e. The Morgan fingerprint density at radius 2 is 1.85 bits per heavy atom. The van der Waals surface area contributed by atoms with Crippen LogP contribution in [0.25, 0.3) is 0 Å². The molecule has 7 heteroatoms. The van der Waals surface area contributed by atoms with Crippen LogP contribution in [0.4, 0.5) is 5.69 Å². The molecular weight excluding hydrogens is 447 g/mol. The van der Waals surface area contributed by atoms with Crippen LogP contribution >= 0.6 is 22.6 Å². The summed E-state index contributed by atoms with van der Waals surface area (Å²) in [5.74, 6) is -1.16. The highest BCUT2D eigenvalue weighted by Crippen LogP contribution is 2.15. The van der Waals surface area contributed by atoms with Gasteiger partial charge in [0.2, 0.25) is 5.91 Å². The minimum Gasteiger partial charge on any atom is -0.467 e. The maximum atomic E-state index is 12.6. The van der Waals surface area contributed by atoms with Crippen molar-refractivity contribution in [2.75, 3.05) is 12.4 Å². The third kappa shape index (κ3) is 5.55. The number of methoxy groups -OCH3 is 1. The molecule has 0 bridgehead atoms. The third-order valence-corrected chi connectivity index (χ3v) is 4.67. The molecule has 0 aromatic heterocycles. The van der Waals surface area contributed by atoms with E-state index in [1.165, 1.54) is 14.0 Å². The van der Waals surface area contributed by atoms with Crippen molar-refractivity contribution < 1.29 is 19.1 Å². The quantitative estimate of drug-likeness (QED) is 0.507. The first kappa shape index (κ1) is 19.9. The molecule has 2 aromatic carbocycles. The van der Waals surface area contributed by atoms with E-state index in [0.717, 1.165) is 9.13 Å². The second-order valence-corrected chi connectivity index (χ2v) is 6.77. The maximum Gasteiger partial charge on any atom is 0.328 e. The van der Waals surface area contributed by atoms with Crippen molar-refractivity contribution in [1.82, 2.24) is 5.32 Å². The first-order valence-corrected chi connectivity index (χ1v) is 8.98. The number of nitrogens with one attached hydrogen (secondary N) is 2. The molecule has 0 aliphatic carbocycles. The van der Waals surface area contributed by atoms with Crippen molar-refractivity contribution >= 4 is 46.1 Å². The zero-order valence-corrected chi connectivity index (χ0v) is 16.6. The zero-order chi connectivity index (χ0) is 19.1. The van der Waals surface area contributed by atoms with Crippen LogP contribution in [0.1, 0.15) is 22.8 Å². The Morgan fingerprint density at radius 1 is 1.12 bits per heavy atom. The van der Waals surface area contributed by atoms with Gasteiger partial charge >= 0.3 is 5.97 Å². The van der Waals surface area contributed by atoms with Crippen LogP contribution in [0, 0.1) is 3.57 Å². The van der Waals surface area contributed by atoms with Crippen molar-refractivity contribution in [2.45, 2.75) is 19.4 Å². The second kappa shape index (κ2) is 9.33. The minimum atomic E-state index is -0.812. The summed E-state index contributed by atoms with van der Waals surface area (Å²) in [5.41, 5.74) is 1.79. The van der Waals surface area contributed by atoms with E-state index in [9.17, 15) is 14.4 Å². The summed E-state index contributed by atoms with van der Waals surface area (Å²) >= 11 is 2.18. The van der Waals surface area contributed by atoms with Gasteiger partial charge in [0.15, 0.2) is 0 Å². The Balaban J connectivity index is 2.17. The maximum absolute atomic E-state index is 12.6. The van der Waals surface area contributed by atoms with E-state index in [2.05, 4.69) is 33.2 Å². The molecule has 0 aliphatic heterocycles. The van der Waals surface area contributed by atoms with Gasteiger partial charge in [-0.05, 0) is 52.4 Å². The molecular formula is C19H19IN2O4. The molecule has 2 rings (SSSR count). The molecule has 0 fully saturated rings. The normalized spacial score (nSPS) is 11.3. The van der Waals surface area contributed by atoms with Gasteiger partial charge in [0.1, 0.15) is 6.04 Å². The fourth-order valence-electron chi connectivity index (χ4n) is 2.40. The van der Waals surface area contributed by atoms with E-state index in [1.807, 2.05) is 24.3 Å². The molecule has 0 heterocycles. The molecule has 0 saturated heterocycles. The van der Waals surface area contributed by atoms with E-state index in [0.29, 0.717) is 17.7 Å². The Morgan fingerprint density at radius 3 is 2.50 bits per heavy atom. The van der Waals surface area contributed by atoms with Gasteiger partial charge in [-0.2, -0.15) is 0 Å². The Labute approximate surface area is 165 Å². The number of hydrogen-bond acceptors (Lipinski definition) is 4. The Kier molecular flexibility index (Phi) is 7.14. The van der Waals surface area contributed by atoms with Crippen LogP contribution in [-0.2, 0) is 20.7 Å². The lowest BCUT2D eigenvalue weighted by Gasteiger charge is -2.17. The van der Waals surface area contributed by atoms with Gasteiger partial charge < -0.3 is 15.4 Å². The number of halogens is 1. The molecule has 2 N–H and O–H groups in total. The van der Waals surface area contributed by atoms with Gasteiger partial charge in [0.05, 0.1) is 7.11 Å². The van der Waals surface area contributed by atoms with E-state index < -0.39 is 17.9 Å². The summed E-state index contributed by atoms with van der Waals surface area (Å²) in [6.07, 6.45) is 0.322. The monoisotopic (exact) mass is 466 g/mol. The molecule has 136 valence electrons. The van der Waals surface area contributed by atoms with Crippen LogP contribution in [-0.4, -0.2) is 30.9 Å². The number of amides is 2. The van der Waals surface area contributed by atoms with Gasteiger partial charge in [0.25, 0.3) is 5.91 Å². The Bertz CT molecular complexity index is 823. The molecule has 0 radical (unpaired) electrons. The summed E-state index contributed by atoms with van der Waals surface area (Å²) in [6, 6.07) is 13.3. The second-order valence-electron chi connectivity index (χ2n) is 5.61. The highest BCUT2D eigenvalue weighted by Gasteiger charge is 2.23. The standard InChI is InChI=1S/C19H19IN2O4/c1-12(23)21-15-8-5-7-14(10-15)18(24)22-17(19(25)26-2)11-13-6-3-4-9-16(13)20/h3-10,17H,11H2,1-2H3,(H,21,23)(H,22,24)/t17-/m1/s1. The van der Waals surface area contributed by atoms with Crippen LogP contribution in [0.15, 0.2) is 48.5 Å². The SMILES string of the molecule is COC(=O)[C@@H](Cc1ccccc1I)NC(=O)c1cccc(NC(C)=O)c1. The smallest absolute Gasteiger partial charge is 0.328 e. The van der Waals surface area contributed by atoms with E-state index in [4.69, 9.17) is 4.74 Å². The fraction of sp³-hybridized carbons (Fsp3) is 0.211. The van der Waals surface area contributed by atoms with Crippen molar-refractivity contribution in [2.24, 2.45) is 0 Å². The summed E-state index contributed by atoms with van der Waals surface area (Å²) in [7, 11) is 1.29. The molecule has 2 aromatic rings. The lowest BCUT2D eigenvalue weighted by Crippen LogP contribution is -2.43. The summed E-state index contributed by atoms with van der Waals surface area (Å²) in [4.78, 5) is 35.8. The number of carbonyl (C=O) groups excluding carboxylic acids is 3. The van der Waals surface area contributed by atoms with Gasteiger partial charge in [-0.15, -0.1) is 0 Å². The number of benzene rings is 2. The van der Waals surface area contributed by atoms with Crippen LogP contribution in [0.3, 0.4) is 0 Å². The summed E-state index contributed by atoms with van der Waals surface area (Å²) in [6.45, 7) is 1.39. The minimum absolute atomic E-state index is 0.228. The molecule has 2 amide bonds. The van der Waals surface area contributed by atoms with Crippen molar-refractivity contribution in [3.05, 3.63) is 63.2 Å². The fourth-order valence-corrected chi connectivity index (χ4v) is 3.01. The number of rotatable bonds is 6. The number of anilines is 1. The number of carbonyl (C=O) groups is 3. The first-order valence-electron chi connectivity index (χ1n) is 7.90. The van der Waals surface area contributed by atoms with Crippen molar-refractivity contribution in [1.29, 1.82) is 0 Å². The number of hydrogen-bond donors (Lipinski definition) is 2. The van der Waals surface area contributed by atoms with E-state index in [-0.39, 0.29) is 5.91 Å². The molecule has 0 aliphatic rings. The lowest BCUT2D eigenvalue weighted by molar-refractivity contribution is -0.142. The van der Waals surface area contributed by atoms with Gasteiger partial charge in [0, 0.05) is 28.2 Å². The van der Waals surface area contributed by atoms with Crippen molar-refractivity contribution in [3.8, 4) is 0 Å². The first-order chi connectivity index (χ1) is 12.4. The summed E-state index contributed by atoms with van der Waals surface area (Å²) < 4.78 is 5.83. The Hall–Kier alpha value is -2.42. The highest BCUT2D eigenvalue weighted by molar-refractivity contribution is 14.1. The zero-order valence-electron chi connectivity index (χ0n) is 14.4. The predicted octanol–water partition coefficient (Wildman–Crippen LogP) is 2.76.